The summed E-state index contributed by atoms with van der Waals surface area (Å²) in [7, 11) is 0. The minimum atomic E-state index is -0.482. The van der Waals surface area contributed by atoms with Crippen LogP contribution in [0.2, 0.25) is 0 Å². The van der Waals surface area contributed by atoms with Crippen LogP contribution in [0.25, 0.3) is 11.3 Å². The van der Waals surface area contributed by atoms with Gasteiger partial charge < -0.3 is 11.1 Å². The van der Waals surface area contributed by atoms with Crippen LogP contribution in [0.15, 0.2) is 55.0 Å². The van der Waals surface area contributed by atoms with E-state index in [1.165, 1.54) is 30.7 Å². The van der Waals surface area contributed by atoms with E-state index in [2.05, 4.69) is 20.3 Å². The number of hydrogen-bond acceptors (Lipinski definition) is 7. The van der Waals surface area contributed by atoms with Crippen molar-refractivity contribution in [3.8, 4) is 11.3 Å². The minimum Gasteiger partial charge on any atom is -0.370 e. The van der Waals surface area contributed by atoms with E-state index in [4.69, 9.17) is 5.73 Å². The van der Waals surface area contributed by atoms with E-state index in [1.807, 2.05) is 18.2 Å². The number of carbonyl (C=O) groups excluding carboxylic acids is 1. The van der Waals surface area contributed by atoms with Crippen LogP contribution in [0.5, 0.6) is 0 Å². The molecule has 3 aromatic rings. The maximum Gasteiger partial charge on any atom is 0.275 e. The van der Waals surface area contributed by atoms with Crippen molar-refractivity contribution in [2.45, 2.75) is 12.8 Å². The molecule has 0 spiro atoms. The van der Waals surface area contributed by atoms with Crippen LogP contribution in [0, 0.1) is 10.1 Å². The highest BCUT2D eigenvalue weighted by atomic mass is 16.6. The first kappa shape index (κ1) is 17.9. The van der Waals surface area contributed by atoms with Crippen LogP contribution in [-0.4, -0.2) is 25.8 Å². The van der Waals surface area contributed by atoms with E-state index in [0.29, 0.717) is 23.5 Å². The molecule has 1 amide bonds. The van der Waals surface area contributed by atoms with Crippen LogP contribution < -0.4 is 11.1 Å². The highest BCUT2D eigenvalue weighted by molar-refractivity contribution is 5.74. The Kier molecular flexibility index (Phi) is 5.31. The third kappa shape index (κ3) is 4.82. The molecule has 1 aromatic carbocycles. The molecule has 0 fully saturated rings. The number of primary amides is 1. The lowest BCUT2D eigenvalue weighted by atomic mass is 10.0. The molecule has 0 aliphatic rings. The SMILES string of the molecule is NC(=O)CCc1cccc(-c2cc([N+](=O)[O-])cc(Nc3cnccn3)n2)c1. The molecule has 3 rings (SSSR count). The molecule has 27 heavy (non-hydrogen) atoms. The monoisotopic (exact) mass is 364 g/mol. The Labute approximate surface area is 154 Å². The van der Waals surface area contributed by atoms with Crippen LogP contribution in [0.1, 0.15) is 12.0 Å². The van der Waals surface area contributed by atoms with Gasteiger partial charge in [0, 0.05) is 30.4 Å². The molecular formula is C18H16N6O3. The molecule has 0 aliphatic heterocycles. The van der Waals surface area contributed by atoms with E-state index in [0.717, 1.165) is 5.56 Å². The lowest BCUT2D eigenvalue weighted by Crippen LogP contribution is -2.11. The summed E-state index contributed by atoms with van der Waals surface area (Å²) in [6, 6.07) is 10.0. The summed E-state index contributed by atoms with van der Waals surface area (Å²) in [5, 5.41) is 14.2. The van der Waals surface area contributed by atoms with Crippen molar-refractivity contribution in [3.05, 3.63) is 70.7 Å². The van der Waals surface area contributed by atoms with Crippen molar-refractivity contribution in [2.24, 2.45) is 5.73 Å². The maximum absolute atomic E-state index is 11.3. The van der Waals surface area contributed by atoms with E-state index in [9.17, 15) is 14.9 Å². The van der Waals surface area contributed by atoms with Crippen molar-refractivity contribution in [3.63, 3.8) is 0 Å². The van der Waals surface area contributed by atoms with Crippen molar-refractivity contribution < 1.29 is 9.72 Å². The van der Waals surface area contributed by atoms with Crippen molar-refractivity contribution in [1.29, 1.82) is 0 Å². The van der Waals surface area contributed by atoms with E-state index < -0.39 is 4.92 Å². The van der Waals surface area contributed by atoms with Gasteiger partial charge in [-0.1, -0.05) is 18.2 Å². The van der Waals surface area contributed by atoms with Gasteiger partial charge in [0.25, 0.3) is 5.69 Å². The third-order valence-electron chi connectivity index (χ3n) is 3.72. The van der Waals surface area contributed by atoms with E-state index >= 15 is 0 Å². The summed E-state index contributed by atoms with van der Waals surface area (Å²) in [4.78, 5) is 34.3. The Morgan fingerprint density at radius 1 is 1.19 bits per heavy atom. The second-order valence-corrected chi connectivity index (χ2v) is 5.74. The van der Waals surface area contributed by atoms with Crippen LogP contribution in [0.3, 0.4) is 0 Å². The first-order chi connectivity index (χ1) is 13.0. The molecule has 0 bridgehead atoms. The number of rotatable bonds is 7. The topological polar surface area (TPSA) is 137 Å². The first-order valence-corrected chi connectivity index (χ1v) is 8.08. The zero-order valence-corrected chi connectivity index (χ0v) is 14.2. The summed E-state index contributed by atoms with van der Waals surface area (Å²) in [6.07, 6.45) is 5.23. The molecule has 0 atom stereocenters. The zero-order valence-electron chi connectivity index (χ0n) is 14.2. The van der Waals surface area contributed by atoms with Gasteiger partial charge in [0.15, 0.2) is 0 Å². The lowest BCUT2D eigenvalue weighted by molar-refractivity contribution is -0.384. The second kappa shape index (κ2) is 8.00. The van der Waals surface area contributed by atoms with Gasteiger partial charge in [-0.15, -0.1) is 0 Å². The van der Waals surface area contributed by atoms with Crippen molar-refractivity contribution >= 4 is 23.2 Å². The van der Waals surface area contributed by atoms with E-state index in [1.54, 1.807) is 6.07 Å². The molecule has 0 saturated carbocycles. The Morgan fingerprint density at radius 2 is 2.04 bits per heavy atom. The molecule has 2 heterocycles. The number of nitro groups is 1. The van der Waals surface area contributed by atoms with Gasteiger partial charge in [-0.05, 0) is 18.1 Å². The van der Waals surface area contributed by atoms with Gasteiger partial charge in [0.05, 0.1) is 22.9 Å². The fourth-order valence-corrected chi connectivity index (χ4v) is 2.48. The standard InChI is InChI=1S/C18H16N6O3/c19-16(25)5-4-12-2-1-3-13(8-12)15-9-14(24(26)27)10-17(22-15)23-18-11-20-6-7-21-18/h1-3,6-11H,4-5H2,(H2,19,25)(H,21,22,23). The normalized spacial score (nSPS) is 10.4. The van der Waals surface area contributed by atoms with Gasteiger partial charge in [-0.2, -0.15) is 0 Å². The minimum absolute atomic E-state index is 0.103. The van der Waals surface area contributed by atoms with Gasteiger partial charge in [0.2, 0.25) is 5.91 Å². The number of anilines is 2. The summed E-state index contributed by atoms with van der Waals surface area (Å²) in [5.74, 6) is 0.318. The Bertz CT molecular complexity index is 978. The molecule has 0 unspecified atom stereocenters. The zero-order chi connectivity index (χ0) is 19.2. The summed E-state index contributed by atoms with van der Waals surface area (Å²) < 4.78 is 0. The largest absolute Gasteiger partial charge is 0.370 e. The quantitative estimate of drug-likeness (QED) is 0.485. The Hall–Kier alpha value is -3.88. The molecule has 0 radical (unpaired) electrons. The molecule has 2 aromatic heterocycles. The summed E-state index contributed by atoms with van der Waals surface area (Å²) in [6.45, 7) is 0. The van der Waals surface area contributed by atoms with Gasteiger partial charge in [-0.3, -0.25) is 19.9 Å². The number of benzene rings is 1. The molecule has 136 valence electrons. The van der Waals surface area contributed by atoms with Crippen molar-refractivity contribution in [1.82, 2.24) is 15.0 Å². The number of nitrogens with zero attached hydrogens (tertiary/aromatic N) is 4. The first-order valence-electron chi connectivity index (χ1n) is 8.08. The van der Waals surface area contributed by atoms with Gasteiger partial charge in [-0.25, -0.2) is 9.97 Å². The number of aryl methyl sites for hydroxylation is 1. The lowest BCUT2D eigenvalue weighted by Gasteiger charge is -2.08. The Morgan fingerprint density at radius 3 is 2.74 bits per heavy atom. The van der Waals surface area contributed by atoms with Crippen LogP contribution in [0.4, 0.5) is 17.3 Å². The predicted molar refractivity (Wildman–Crippen MR) is 99.2 cm³/mol. The van der Waals surface area contributed by atoms with Crippen LogP contribution >= 0.6 is 0 Å². The number of nitrogens with one attached hydrogen (secondary N) is 1. The molecular weight excluding hydrogens is 348 g/mol. The fraction of sp³-hybridized carbons (Fsp3) is 0.111. The molecule has 0 aliphatic carbocycles. The Balaban J connectivity index is 1.96. The second-order valence-electron chi connectivity index (χ2n) is 5.74. The van der Waals surface area contributed by atoms with Crippen molar-refractivity contribution in [2.75, 3.05) is 5.32 Å². The number of pyridine rings is 1. The van der Waals surface area contributed by atoms with Gasteiger partial charge >= 0.3 is 0 Å². The van der Waals surface area contributed by atoms with Gasteiger partial charge in [0.1, 0.15) is 11.6 Å². The predicted octanol–water partition coefficient (Wildman–Crippen LogP) is 2.61. The third-order valence-corrected chi connectivity index (χ3v) is 3.72. The van der Waals surface area contributed by atoms with Crippen LogP contribution in [-0.2, 0) is 11.2 Å². The molecule has 0 saturated heterocycles. The molecule has 3 N–H and O–H groups in total. The smallest absolute Gasteiger partial charge is 0.275 e. The molecule has 9 heteroatoms. The molecule has 9 nitrogen and oxygen atoms in total. The maximum atomic E-state index is 11.3. The van der Waals surface area contributed by atoms with E-state index in [-0.39, 0.29) is 23.8 Å². The number of hydrogen-bond donors (Lipinski definition) is 2. The number of carbonyl (C=O) groups is 1. The fourth-order valence-electron chi connectivity index (χ4n) is 2.48. The number of amides is 1. The highest BCUT2D eigenvalue weighted by Gasteiger charge is 2.13. The average molecular weight is 364 g/mol. The highest BCUT2D eigenvalue weighted by Crippen LogP contribution is 2.27. The number of aromatic nitrogens is 3. The average Bonchev–Trinajstić information content (AvgIpc) is 2.67. The summed E-state index contributed by atoms with van der Waals surface area (Å²) >= 11 is 0. The summed E-state index contributed by atoms with van der Waals surface area (Å²) in [5.41, 5.74) is 7.10. The number of nitrogens with two attached hydrogens (primary N) is 1.